The number of ether oxygens (including phenoxy) is 2. The van der Waals surface area contributed by atoms with Crippen molar-refractivity contribution in [2.75, 3.05) is 18.5 Å². The molecule has 0 aliphatic heterocycles. The van der Waals surface area contributed by atoms with Crippen molar-refractivity contribution in [2.24, 2.45) is 0 Å². The van der Waals surface area contributed by atoms with E-state index in [-0.39, 0.29) is 12.5 Å². The smallest absolute Gasteiger partial charge is 0.262 e. The topological polar surface area (TPSA) is 73.6 Å². The fourth-order valence-corrected chi connectivity index (χ4v) is 3.08. The molecule has 0 aliphatic rings. The van der Waals surface area contributed by atoms with Gasteiger partial charge in [0.15, 0.2) is 12.2 Å². The third-order valence-electron chi connectivity index (χ3n) is 4.55. The Morgan fingerprint density at radius 3 is 2.47 bits per heavy atom. The van der Waals surface area contributed by atoms with Gasteiger partial charge in [-0.05, 0) is 61.9 Å². The minimum absolute atomic E-state index is 0.100. The number of carbonyl (C=O) groups is 1. The molecule has 152 valence electrons. The Labute approximate surface area is 174 Å². The van der Waals surface area contributed by atoms with Crippen molar-refractivity contribution in [3.8, 4) is 23.0 Å². The predicted octanol–water partition coefficient (Wildman–Crippen LogP) is 5.22. The SMILES string of the molecule is CCOc1ccc(OCC(=O)Nc2ccc3nc(-c4ccccc4C)oc3c2)cc1. The van der Waals surface area contributed by atoms with Crippen LogP contribution in [0.3, 0.4) is 0 Å². The summed E-state index contributed by atoms with van der Waals surface area (Å²) in [6.45, 7) is 4.44. The molecule has 1 aromatic heterocycles. The number of oxazole rings is 1. The molecule has 0 atom stereocenters. The molecule has 0 fully saturated rings. The zero-order valence-corrected chi connectivity index (χ0v) is 16.8. The molecule has 6 nitrogen and oxygen atoms in total. The Bertz CT molecular complexity index is 1170. The predicted molar refractivity (Wildman–Crippen MR) is 116 cm³/mol. The summed E-state index contributed by atoms with van der Waals surface area (Å²) in [4.78, 5) is 16.8. The lowest BCUT2D eigenvalue weighted by atomic mass is 10.1. The number of amides is 1. The van der Waals surface area contributed by atoms with Gasteiger partial charge in [0.25, 0.3) is 5.91 Å². The van der Waals surface area contributed by atoms with E-state index >= 15 is 0 Å². The molecular formula is C24H22N2O4. The van der Waals surface area contributed by atoms with E-state index in [0.717, 1.165) is 22.4 Å². The Kier molecular flexibility index (Phi) is 5.66. The van der Waals surface area contributed by atoms with Gasteiger partial charge in [0.05, 0.1) is 6.61 Å². The van der Waals surface area contributed by atoms with Gasteiger partial charge in [-0.2, -0.15) is 0 Å². The third-order valence-corrected chi connectivity index (χ3v) is 4.55. The summed E-state index contributed by atoms with van der Waals surface area (Å²) in [5.41, 5.74) is 4.00. The molecule has 0 aliphatic carbocycles. The summed E-state index contributed by atoms with van der Waals surface area (Å²) >= 11 is 0. The lowest BCUT2D eigenvalue weighted by molar-refractivity contribution is -0.118. The van der Waals surface area contributed by atoms with Crippen molar-refractivity contribution in [2.45, 2.75) is 13.8 Å². The number of nitrogens with one attached hydrogen (secondary N) is 1. The maximum Gasteiger partial charge on any atom is 0.262 e. The van der Waals surface area contributed by atoms with Crippen molar-refractivity contribution >= 4 is 22.7 Å². The minimum atomic E-state index is -0.262. The highest BCUT2D eigenvalue weighted by molar-refractivity contribution is 5.94. The second-order valence-corrected chi connectivity index (χ2v) is 6.76. The highest BCUT2D eigenvalue weighted by atomic mass is 16.5. The fraction of sp³-hybridized carbons (Fsp3) is 0.167. The Morgan fingerprint density at radius 2 is 1.73 bits per heavy atom. The lowest BCUT2D eigenvalue weighted by Gasteiger charge is -2.08. The summed E-state index contributed by atoms with van der Waals surface area (Å²) in [6, 6.07) is 20.4. The Hall–Kier alpha value is -3.80. The Balaban J connectivity index is 1.41. The van der Waals surface area contributed by atoms with Crippen LogP contribution in [-0.4, -0.2) is 24.1 Å². The normalized spacial score (nSPS) is 10.7. The number of anilines is 1. The van der Waals surface area contributed by atoms with Gasteiger partial charge in [-0.3, -0.25) is 4.79 Å². The van der Waals surface area contributed by atoms with Crippen LogP contribution in [0.1, 0.15) is 12.5 Å². The summed E-state index contributed by atoms with van der Waals surface area (Å²) < 4.78 is 16.8. The number of aromatic nitrogens is 1. The van der Waals surface area contributed by atoms with Crippen LogP contribution >= 0.6 is 0 Å². The van der Waals surface area contributed by atoms with Crippen molar-refractivity contribution in [1.29, 1.82) is 0 Å². The standard InChI is InChI=1S/C24H22N2O4/c1-3-28-18-9-11-19(12-10-18)29-15-23(27)25-17-8-13-21-22(14-17)30-24(26-21)20-7-5-4-6-16(20)2/h4-14H,3,15H2,1-2H3,(H,25,27). The van der Waals surface area contributed by atoms with Gasteiger partial charge in [0.1, 0.15) is 17.0 Å². The molecule has 4 aromatic rings. The number of rotatable bonds is 7. The molecule has 4 rings (SSSR count). The van der Waals surface area contributed by atoms with Crippen LogP contribution in [0.25, 0.3) is 22.6 Å². The van der Waals surface area contributed by atoms with Crippen LogP contribution in [0.5, 0.6) is 11.5 Å². The summed E-state index contributed by atoms with van der Waals surface area (Å²) in [6.07, 6.45) is 0. The highest BCUT2D eigenvalue weighted by Crippen LogP contribution is 2.28. The number of nitrogens with zero attached hydrogens (tertiary/aromatic N) is 1. The van der Waals surface area contributed by atoms with E-state index in [1.165, 1.54) is 0 Å². The average Bonchev–Trinajstić information content (AvgIpc) is 3.17. The highest BCUT2D eigenvalue weighted by Gasteiger charge is 2.12. The molecule has 0 saturated heterocycles. The van der Waals surface area contributed by atoms with Crippen LogP contribution in [-0.2, 0) is 4.79 Å². The van der Waals surface area contributed by atoms with Gasteiger partial charge in [-0.1, -0.05) is 18.2 Å². The summed E-state index contributed by atoms with van der Waals surface area (Å²) in [7, 11) is 0. The largest absolute Gasteiger partial charge is 0.494 e. The quantitative estimate of drug-likeness (QED) is 0.459. The zero-order valence-electron chi connectivity index (χ0n) is 16.8. The number of carbonyl (C=O) groups excluding carboxylic acids is 1. The number of benzene rings is 3. The van der Waals surface area contributed by atoms with Crippen LogP contribution in [0.15, 0.2) is 71.1 Å². The fourth-order valence-electron chi connectivity index (χ4n) is 3.08. The molecule has 0 radical (unpaired) electrons. The van der Waals surface area contributed by atoms with E-state index in [4.69, 9.17) is 13.9 Å². The molecule has 3 aromatic carbocycles. The van der Waals surface area contributed by atoms with Crippen LogP contribution in [0.2, 0.25) is 0 Å². The maximum absolute atomic E-state index is 12.3. The summed E-state index contributed by atoms with van der Waals surface area (Å²) in [5, 5.41) is 2.82. The van der Waals surface area contributed by atoms with Gasteiger partial charge >= 0.3 is 0 Å². The second kappa shape index (κ2) is 8.69. The lowest BCUT2D eigenvalue weighted by Crippen LogP contribution is -2.20. The number of aryl methyl sites for hydroxylation is 1. The number of fused-ring (bicyclic) bond motifs is 1. The molecule has 6 heteroatoms. The first kappa shape index (κ1) is 19.5. The molecule has 1 heterocycles. The van der Waals surface area contributed by atoms with E-state index < -0.39 is 0 Å². The molecular weight excluding hydrogens is 380 g/mol. The van der Waals surface area contributed by atoms with E-state index in [9.17, 15) is 4.79 Å². The second-order valence-electron chi connectivity index (χ2n) is 6.76. The van der Waals surface area contributed by atoms with E-state index in [0.29, 0.717) is 29.5 Å². The minimum Gasteiger partial charge on any atom is -0.494 e. The average molecular weight is 402 g/mol. The van der Waals surface area contributed by atoms with Gasteiger partial charge in [0.2, 0.25) is 5.89 Å². The summed E-state index contributed by atoms with van der Waals surface area (Å²) in [5.74, 6) is 1.66. The van der Waals surface area contributed by atoms with Crippen LogP contribution in [0, 0.1) is 6.92 Å². The van der Waals surface area contributed by atoms with Crippen LogP contribution < -0.4 is 14.8 Å². The molecule has 0 spiro atoms. The first-order chi connectivity index (χ1) is 14.6. The molecule has 0 unspecified atom stereocenters. The first-order valence-electron chi connectivity index (χ1n) is 9.74. The molecule has 1 N–H and O–H groups in total. The Morgan fingerprint density at radius 1 is 1.00 bits per heavy atom. The van der Waals surface area contributed by atoms with Gasteiger partial charge in [-0.15, -0.1) is 0 Å². The van der Waals surface area contributed by atoms with Gasteiger partial charge in [-0.25, -0.2) is 4.98 Å². The first-order valence-corrected chi connectivity index (χ1v) is 9.74. The van der Waals surface area contributed by atoms with E-state index in [1.807, 2.05) is 44.2 Å². The zero-order chi connectivity index (χ0) is 20.9. The maximum atomic E-state index is 12.3. The van der Waals surface area contributed by atoms with Gasteiger partial charge in [0, 0.05) is 17.3 Å². The molecule has 30 heavy (non-hydrogen) atoms. The van der Waals surface area contributed by atoms with Gasteiger partial charge < -0.3 is 19.2 Å². The van der Waals surface area contributed by atoms with Crippen molar-refractivity contribution in [3.63, 3.8) is 0 Å². The van der Waals surface area contributed by atoms with Crippen molar-refractivity contribution in [3.05, 3.63) is 72.3 Å². The molecule has 0 bridgehead atoms. The molecule has 1 amide bonds. The molecule has 0 saturated carbocycles. The number of hydrogen-bond acceptors (Lipinski definition) is 5. The van der Waals surface area contributed by atoms with Crippen molar-refractivity contribution in [1.82, 2.24) is 4.98 Å². The van der Waals surface area contributed by atoms with Crippen LogP contribution in [0.4, 0.5) is 5.69 Å². The third kappa shape index (κ3) is 4.43. The number of hydrogen-bond donors (Lipinski definition) is 1. The monoisotopic (exact) mass is 402 g/mol. The van der Waals surface area contributed by atoms with Crippen molar-refractivity contribution < 1.29 is 18.7 Å². The van der Waals surface area contributed by atoms with E-state index in [2.05, 4.69) is 10.3 Å². The van der Waals surface area contributed by atoms with E-state index in [1.54, 1.807) is 36.4 Å².